The Balaban J connectivity index is 1.42. The number of carbonyl (C=O) groups is 1. The van der Waals surface area contributed by atoms with E-state index >= 15 is 0 Å². The lowest BCUT2D eigenvalue weighted by molar-refractivity contribution is -0.121. The number of ether oxygens (including phenoxy) is 2. The van der Waals surface area contributed by atoms with Crippen LogP contribution < -0.4 is 14.8 Å². The lowest BCUT2D eigenvalue weighted by atomic mass is 10.1. The number of hydrogen-bond donors (Lipinski definition) is 1. The molecule has 0 spiro atoms. The molecule has 2 aromatic rings. The molecule has 1 unspecified atom stereocenters. The van der Waals surface area contributed by atoms with Gasteiger partial charge in [-0.15, -0.1) is 0 Å². The van der Waals surface area contributed by atoms with Gasteiger partial charge in [0.15, 0.2) is 11.5 Å². The molecular weight excluding hydrogens is 314 g/mol. The molecule has 1 amide bonds. The zero-order chi connectivity index (χ0) is 16.1. The van der Waals surface area contributed by atoms with Crippen LogP contribution in [0.1, 0.15) is 12.0 Å². The molecule has 2 aromatic carbocycles. The van der Waals surface area contributed by atoms with Crippen LogP contribution in [-0.4, -0.2) is 25.2 Å². The predicted octanol–water partition coefficient (Wildman–Crippen LogP) is 3.23. The Kier molecular flexibility index (Phi) is 5.03. The van der Waals surface area contributed by atoms with Crippen molar-refractivity contribution in [1.29, 1.82) is 0 Å². The van der Waals surface area contributed by atoms with Gasteiger partial charge in [-0.1, -0.05) is 35.9 Å². The topological polar surface area (TPSA) is 47.6 Å². The average molecular weight is 332 g/mol. The van der Waals surface area contributed by atoms with E-state index in [4.69, 9.17) is 21.1 Å². The lowest BCUT2D eigenvalue weighted by Gasteiger charge is -2.26. The number of aryl methyl sites for hydroxylation is 1. The highest BCUT2D eigenvalue weighted by atomic mass is 35.5. The zero-order valence-corrected chi connectivity index (χ0v) is 13.4. The number of hydrogen-bond acceptors (Lipinski definition) is 3. The van der Waals surface area contributed by atoms with Gasteiger partial charge in [0.05, 0.1) is 6.54 Å². The average Bonchev–Trinajstić information content (AvgIpc) is 2.59. The monoisotopic (exact) mass is 331 g/mol. The van der Waals surface area contributed by atoms with Gasteiger partial charge in [0.1, 0.15) is 12.7 Å². The number of halogens is 1. The highest BCUT2D eigenvalue weighted by Gasteiger charge is 2.20. The van der Waals surface area contributed by atoms with Crippen molar-refractivity contribution in [2.24, 2.45) is 0 Å². The van der Waals surface area contributed by atoms with Crippen molar-refractivity contribution in [2.45, 2.75) is 18.9 Å². The number of amides is 1. The van der Waals surface area contributed by atoms with E-state index < -0.39 is 0 Å². The number of rotatable bonds is 5. The molecule has 0 fully saturated rings. The highest BCUT2D eigenvalue weighted by Crippen LogP contribution is 2.30. The normalized spacial score (nSPS) is 16.0. The Morgan fingerprint density at radius 3 is 2.65 bits per heavy atom. The largest absolute Gasteiger partial charge is 0.486 e. The van der Waals surface area contributed by atoms with E-state index in [1.165, 1.54) is 0 Å². The minimum atomic E-state index is -0.163. The van der Waals surface area contributed by atoms with Crippen LogP contribution in [0.15, 0.2) is 48.5 Å². The van der Waals surface area contributed by atoms with Crippen LogP contribution >= 0.6 is 11.6 Å². The summed E-state index contributed by atoms with van der Waals surface area (Å²) in [6.07, 6.45) is 0.962. The van der Waals surface area contributed by atoms with Gasteiger partial charge in [0.25, 0.3) is 0 Å². The van der Waals surface area contributed by atoms with Gasteiger partial charge in [-0.3, -0.25) is 4.79 Å². The summed E-state index contributed by atoms with van der Waals surface area (Å²) in [6, 6.07) is 15.1. The van der Waals surface area contributed by atoms with Crippen molar-refractivity contribution in [3.63, 3.8) is 0 Å². The van der Waals surface area contributed by atoms with Gasteiger partial charge < -0.3 is 14.8 Å². The van der Waals surface area contributed by atoms with E-state index in [1.807, 2.05) is 48.5 Å². The molecule has 0 bridgehead atoms. The third-order valence-corrected chi connectivity index (χ3v) is 3.90. The first-order chi connectivity index (χ1) is 11.2. The third-order valence-electron chi connectivity index (χ3n) is 3.65. The van der Waals surface area contributed by atoms with Crippen molar-refractivity contribution < 1.29 is 14.3 Å². The second kappa shape index (κ2) is 7.38. The second-order valence-electron chi connectivity index (χ2n) is 5.43. The smallest absolute Gasteiger partial charge is 0.220 e. The fraction of sp³-hybridized carbons (Fsp3) is 0.278. The molecule has 120 valence electrons. The van der Waals surface area contributed by atoms with Gasteiger partial charge in [-0.2, -0.15) is 0 Å². The summed E-state index contributed by atoms with van der Waals surface area (Å²) >= 11 is 5.84. The Labute approximate surface area is 140 Å². The molecule has 1 N–H and O–H groups in total. The van der Waals surface area contributed by atoms with Crippen LogP contribution in [0.3, 0.4) is 0 Å². The maximum absolute atomic E-state index is 11.9. The highest BCUT2D eigenvalue weighted by molar-refractivity contribution is 6.30. The predicted molar refractivity (Wildman–Crippen MR) is 89.1 cm³/mol. The molecule has 1 atom stereocenters. The molecule has 5 heteroatoms. The molecule has 0 radical (unpaired) electrons. The number of fused-ring (bicyclic) bond motifs is 1. The number of carbonyl (C=O) groups excluding carboxylic acids is 1. The van der Waals surface area contributed by atoms with Crippen LogP contribution in [0.4, 0.5) is 0 Å². The molecule has 4 nitrogen and oxygen atoms in total. The van der Waals surface area contributed by atoms with E-state index in [0.717, 1.165) is 17.1 Å². The molecule has 3 rings (SSSR count). The SMILES string of the molecule is O=C(CCc1ccc(Cl)cc1)NCC1COc2ccccc2O1. The van der Waals surface area contributed by atoms with Crippen LogP contribution in [-0.2, 0) is 11.2 Å². The van der Waals surface area contributed by atoms with Crippen molar-refractivity contribution in [1.82, 2.24) is 5.32 Å². The summed E-state index contributed by atoms with van der Waals surface area (Å²) in [7, 11) is 0. The zero-order valence-electron chi connectivity index (χ0n) is 12.6. The molecule has 1 heterocycles. The summed E-state index contributed by atoms with van der Waals surface area (Å²) in [4.78, 5) is 11.9. The van der Waals surface area contributed by atoms with Crippen molar-refractivity contribution in [3.05, 3.63) is 59.1 Å². The number of nitrogens with one attached hydrogen (secondary N) is 1. The van der Waals surface area contributed by atoms with E-state index in [0.29, 0.717) is 31.0 Å². The molecule has 0 saturated carbocycles. The maximum Gasteiger partial charge on any atom is 0.220 e. The summed E-state index contributed by atoms with van der Waals surface area (Å²) in [5.41, 5.74) is 1.09. The molecule has 0 aliphatic carbocycles. The summed E-state index contributed by atoms with van der Waals surface area (Å²) < 4.78 is 11.4. The van der Waals surface area contributed by atoms with Crippen LogP contribution in [0.2, 0.25) is 5.02 Å². The Morgan fingerprint density at radius 1 is 1.13 bits per heavy atom. The van der Waals surface area contributed by atoms with Crippen molar-refractivity contribution in [2.75, 3.05) is 13.2 Å². The van der Waals surface area contributed by atoms with Crippen molar-refractivity contribution >= 4 is 17.5 Å². The Hall–Kier alpha value is -2.20. The molecule has 0 aromatic heterocycles. The molecule has 1 aliphatic heterocycles. The Bertz CT molecular complexity index is 672. The lowest BCUT2D eigenvalue weighted by Crippen LogP contribution is -2.40. The number of benzene rings is 2. The first-order valence-electron chi connectivity index (χ1n) is 7.60. The summed E-state index contributed by atoms with van der Waals surface area (Å²) in [5.74, 6) is 1.47. The quantitative estimate of drug-likeness (QED) is 0.915. The van der Waals surface area contributed by atoms with Gasteiger partial charge in [-0.05, 0) is 36.2 Å². The minimum absolute atomic E-state index is 0.00223. The first kappa shape index (κ1) is 15.7. The van der Waals surface area contributed by atoms with E-state index in [1.54, 1.807) is 0 Å². The van der Waals surface area contributed by atoms with Crippen molar-refractivity contribution in [3.8, 4) is 11.5 Å². The van der Waals surface area contributed by atoms with Crippen LogP contribution in [0, 0.1) is 0 Å². The van der Waals surface area contributed by atoms with Crippen LogP contribution in [0.25, 0.3) is 0 Å². The molecular formula is C18H18ClNO3. The van der Waals surface area contributed by atoms with E-state index in [-0.39, 0.29) is 12.0 Å². The van der Waals surface area contributed by atoms with Gasteiger partial charge in [-0.25, -0.2) is 0 Å². The maximum atomic E-state index is 11.9. The van der Waals surface area contributed by atoms with E-state index in [9.17, 15) is 4.79 Å². The fourth-order valence-corrected chi connectivity index (χ4v) is 2.51. The third kappa shape index (κ3) is 4.39. The first-order valence-corrected chi connectivity index (χ1v) is 7.98. The summed E-state index contributed by atoms with van der Waals surface area (Å²) in [5, 5.41) is 3.60. The number of para-hydroxylation sites is 2. The van der Waals surface area contributed by atoms with Gasteiger partial charge in [0, 0.05) is 11.4 Å². The van der Waals surface area contributed by atoms with Crippen LogP contribution in [0.5, 0.6) is 11.5 Å². The minimum Gasteiger partial charge on any atom is -0.486 e. The summed E-state index contributed by atoms with van der Waals surface area (Å²) in [6.45, 7) is 0.877. The standard InChI is InChI=1S/C18H18ClNO3/c19-14-8-5-13(6-9-14)7-10-18(21)20-11-15-12-22-16-3-1-2-4-17(16)23-15/h1-6,8-9,15H,7,10-12H2,(H,20,21). The van der Waals surface area contributed by atoms with Gasteiger partial charge in [0.2, 0.25) is 5.91 Å². The molecule has 0 saturated heterocycles. The fourth-order valence-electron chi connectivity index (χ4n) is 2.39. The molecule has 23 heavy (non-hydrogen) atoms. The molecule has 1 aliphatic rings. The second-order valence-corrected chi connectivity index (χ2v) is 5.86. The van der Waals surface area contributed by atoms with E-state index in [2.05, 4.69) is 5.32 Å². The Morgan fingerprint density at radius 2 is 1.87 bits per heavy atom. The van der Waals surface area contributed by atoms with Gasteiger partial charge >= 0.3 is 0 Å².